The van der Waals surface area contributed by atoms with Crippen LogP contribution in [0, 0.1) is 17.1 Å². The fraction of sp³-hybridized carbons (Fsp3) is 0. The zero-order valence-electron chi connectivity index (χ0n) is 10.9. The molecule has 3 rings (SSSR count). The molecule has 4 heteroatoms. The lowest BCUT2D eigenvalue weighted by Gasteiger charge is -2.06. The number of nitriles is 1. The molecule has 2 aromatic carbocycles. The molecule has 0 fully saturated rings. The second kappa shape index (κ2) is 5.14. The van der Waals surface area contributed by atoms with Gasteiger partial charge < -0.3 is 0 Å². The van der Waals surface area contributed by atoms with Gasteiger partial charge in [0.2, 0.25) is 0 Å². The molecule has 0 N–H and O–H groups in total. The van der Waals surface area contributed by atoms with E-state index in [1.165, 1.54) is 18.3 Å². The lowest BCUT2D eigenvalue weighted by molar-refractivity contribution is 0.103. The van der Waals surface area contributed by atoms with Crippen LogP contribution >= 0.6 is 0 Å². The first-order chi connectivity index (χ1) is 10.2. The van der Waals surface area contributed by atoms with Crippen molar-refractivity contribution in [2.75, 3.05) is 0 Å². The van der Waals surface area contributed by atoms with Gasteiger partial charge in [-0.3, -0.25) is 9.78 Å². The Kier molecular flexibility index (Phi) is 3.17. The average Bonchev–Trinajstić information content (AvgIpc) is 2.54. The molecule has 1 aromatic heterocycles. The Hall–Kier alpha value is -3.06. The van der Waals surface area contributed by atoms with Crippen molar-refractivity contribution in [3.8, 4) is 6.07 Å². The molecule has 3 nitrogen and oxygen atoms in total. The van der Waals surface area contributed by atoms with E-state index in [1.807, 2.05) is 12.1 Å². The Balaban J connectivity index is 2.20. The van der Waals surface area contributed by atoms with E-state index in [2.05, 4.69) is 4.98 Å². The van der Waals surface area contributed by atoms with Gasteiger partial charge in [0.1, 0.15) is 5.82 Å². The van der Waals surface area contributed by atoms with Crippen molar-refractivity contribution < 1.29 is 9.18 Å². The third kappa shape index (κ3) is 2.26. The van der Waals surface area contributed by atoms with Crippen LogP contribution < -0.4 is 0 Å². The van der Waals surface area contributed by atoms with Crippen LogP contribution in [0.15, 0.2) is 54.7 Å². The summed E-state index contributed by atoms with van der Waals surface area (Å²) in [6, 6.07) is 14.4. The molecule has 100 valence electrons. The fourth-order valence-electron chi connectivity index (χ4n) is 2.21. The van der Waals surface area contributed by atoms with Gasteiger partial charge in [0.15, 0.2) is 5.78 Å². The summed E-state index contributed by atoms with van der Waals surface area (Å²) in [6.07, 6.45) is 1.52. The topological polar surface area (TPSA) is 53.8 Å². The van der Waals surface area contributed by atoms with Crippen molar-refractivity contribution in [2.45, 2.75) is 0 Å². The van der Waals surface area contributed by atoms with Gasteiger partial charge in [-0.05, 0) is 30.3 Å². The van der Waals surface area contributed by atoms with Crippen LogP contribution in [0.5, 0.6) is 0 Å². The van der Waals surface area contributed by atoms with Gasteiger partial charge in [-0.1, -0.05) is 18.2 Å². The van der Waals surface area contributed by atoms with Crippen LogP contribution in [0.3, 0.4) is 0 Å². The highest BCUT2D eigenvalue weighted by Crippen LogP contribution is 2.21. The molecule has 0 aliphatic carbocycles. The number of hydrogen-bond donors (Lipinski definition) is 0. The number of carbonyl (C=O) groups excluding carboxylic acids is 1. The predicted molar refractivity (Wildman–Crippen MR) is 76.3 cm³/mol. The maximum absolute atomic E-state index is 13.9. The van der Waals surface area contributed by atoms with E-state index >= 15 is 0 Å². The van der Waals surface area contributed by atoms with Crippen LogP contribution in [-0.2, 0) is 0 Å². The van der Waals surface area contributed by atoms with E-state index in [9.17, 15) is 9.18 Å². The average molecular weight is 276 g/mol. The number of halogens is 1. The smallest absolute Gasteiger partial charge is 0.196 e. The Bertz CT molecular complexity index is 891. The second-order valence-corrected chi connectivity index (χ2v) is 4.51. The summed E-state index contributed by atoms with van der Waals surface area (Å²) in [5, 5.41) is 9.54. The molecule has 21 heavy (non-hydrogen) atoms. The van der Waals surface area contributed by atoms with E-state index in [1.54, 1.807) is 24.3 Å². The second-order valence-electron chi connectivity index (χ2n) is 4.51. The van der Waals surface area contributed by atoms with Gasteiger partial charge in [0.05, 0.1) is 22.7 Å². The van der Waals surface area contributed by atoms with Crippen LogP contribution in [0.4, 0.5) is 4.39 Å². The first-order valence-electron chi connectivity index (χ1n) is 6.29. The number of para-hydroxylation sites is 1. The molecule has 3 aromatic rings. The number of ketones is 1. The molecule has 0 bridgehead atoms. The molecule has 1 heterocycles. The van der Waals surface area contributed by atoms with Crippen LogP contribution in [-0.4, -0.2) is 10.8 Å². The Labute approximate surface area is 120 Å². The molecule has 0 aliphatic heterocycles. The quantitative estimate of drug-likeness (QED) is 0.673. The van der Waals surface area contributed by atoms with Gasteiger partial charge in [0, 0.05) is 17.1 Å². The SMILES string of the molecule is N#Cc1ccc(F)c(C(=O)c2ccnc3ccccc23)c1. The minimum atomic E-state index is -0.639. The summed E-state index contributed by atoms with van der Waals surface area (Å²) in [7, 11) is 0. The lowest BCUT2D eigenvalue weighted by Crippen LogP contribution is -2.06. The molecule has 0 spiro atoms. The van der Waals surface area contributed by atoms with Gasteiger partial charge in [-0.25, -0.2) is 4.39 Å². The van der Waals surface area contributed by atoms with Crippen molar-refractivity contribution in [1.82, 2.24) is 4.98 Å². The monoisotopic (exact) mass is 276 g/mol. The van der Waals surface area contributed by atoms with Crippen molar-refractivity contribution in [2.24, 2.45) is 0 Å². The summed E-state index contributed by atoms with van der Waals surface area (Å²) in [5.74, 6) is -1.09. The van der Waals surface area contributed by atoms with Crippen molar-refractivity contribution in [3.63, 3.8) is 0 Å². The fourth-order valence-corrected chi connectivity index (χ4v) is 2.21. The minimum Gasteiger partial charge on any atom is -0.288 e. The number of benzene rings is 2. The van der Waals surface area contributed by atoms with Gasteiger partial charge in [0.25, 0.3) is 0 Å². The van der Waals surface area contributed by atoms with E-state index in [0.717, 1.165) is 6.07 Å². The number of rotatable bonds is 2. The predicted octanol–water partition coefficient (Wildman–Crippen LogP) is 3.48. The summed E-state index contributed by atoms with van der Waals surface area (Å²) < 4.78 is 13.9. The number of aromatic nitrogens is 1. The van der Waals surface area contributed by atoms with Crippen LogP contribution in [0.1, 0.15) is 21.5 Å². The van der Waals surface area contributed by atoms with Crippen molar-refractivity contribution >= 4 is 16.7 Å². The van der Waals surface area contributed by atoms with Gasteiger partial charge in [-0.15, -0.1) is 0 Å². The molecular formula is C17H9FN2O. The van der Waals surface area contributed by atoms with E-state index in [-0.39, 0.29) is 11.1 Å². The molecule has 0 aliphatic rings. The first kappa shape index (κ1) is 12.9. The Morgan fingerprint density at radius 1 is 1.10 bits per heavy atom. The van der Waals surface area contributed by atoms with E-state index < -0.39 is 11.6 Å². The first-order valence-corrected chi connectivity index (χ1v) is 6.29. The zero-order valence-corrected chi connectivity index (χ0v) is 10.9. The molecule has 0 atom stereocenters. The third-order valence-electron chi connectivity index (χ3n) is 3.23. The Morgan fingerprint density at radius 2 is 1.90 bits per heavy atom. The van der Waals surface area contributed by atoms with Gasteiger partial charge in [-0.2, -0.15) is 5.26 Å². The highest BCUT2D eigenvalue weighted by Gasteiger charge is 2.17. The maximum atomic E-state index is 13.9. The molecule has 0 unspecified atom stereocenters. The maximum Gasteiger partial charge on any atom is 0.196 e. The molecular weight excluding hydrogens is 267 g/mol. The molecule has 0 radical (unpaired) electrons. The molecule has 0 amide bonds. The largest absolute Gasteiger partial charge is 0.288 e. The number of nitrogens with zero attached hydrogens (tertiary/aromatic N) is 2. The summed E-state index contributed by atoms with van der Waals surface area (Å²) >= 11 is 0. The number of carbonyl (C=O) groups is 1. The van der Waals surface area contributed by atoms with Crippen LogP contribution in [0.25, 0.3) is 10.9 Å². The van der Waals surface area contributed by atoms with Crippen LogP contribution in [0.2, 0.25) is 0 Å². The zero-order chi connectivity index (χ0) is 14.8. The standard InChI is InChI=1S/C17H9FN2O/c18-15-6-5-11(10-19)9-14(15)17(21)13-7-8-20-16-4-2-1-3-12(13)16/h1-9H. The van der Waals surface area contributed by atoms with E-state index in [0.29, 0.717) is 16.5 Å². The minimum absolute atomic E-state index is 0.106. The third-order valence-corrected chi connectivity index (χ3v) is 3.23. The van der Waals surface area contributed by atoms with Crippen molar-refractivity contribution in [1.29, 1.82) is 5.26 Å². The summed E-state index contributed by atoms with van der Waals surface area (Å²) in [5.41, 5.74) is 1.18. The molecule has 0 saturated carbocycles. The lowest BCUT2D eigenvalue weighted by atomic mass is 9.98. The normalized spacial score (nSPS) is 10.3. The van der Waals surface area contributed by atoms with Gasteiger partial charge >= 0.3 is 0 Å². The summed E-state index contributed by atoms with van der Waals surface area (Å²) in [4.78, 5) is 16.7. The number of pyridine rings is 1. The highest BCUT2D eigenvalue weighted by molar-refractivity contribution is 6.16. The molecule has 0 saturated heterocycles. The Morgan fingerprint density at radius 3 is 2.71 bits per heavy atom. The number of fused-ring (bicyclic) bond motifs is 1. The van der Waals surface area contributed by atoms with E-state index in [4.69, 9.17) is 5.26 Å². The summed E-state index contributed by atoms with van der Waals surface area (Å²) in [6.45, 7) is 0. The number of hydrogen-bond acceptors (Lipinski definition) is 3. The highest BCUT2D eigenvalue weighted by atomic mass is 19.1. The van der Waals surface area contributed by atoms with Crippen molar-refractivity contribution in [3.05, 3.63) is 77.2 Å².